The molecule has 0 bridgehead atoms. The second-order valence-corrected chi connectivity index (χ2v) is 4.88. The minimum absolute atomic E-state index is 0.0300. The van der Waals surface area contributed by atoms with Gasteiger partial charge in [-0.25, -0.2) is 4.98 Å². The van der Waals surface area contributed by atoms with Gasteiger partial charge in [0.15, 0.2) is 0 Å². The zero-order valence-corrected chi connectivity index (χ0v) is 10.8. The van der Waals surface area contributed by atoms with E-state index in [1.165, 1.54) is 0 Å². The summed E-state index contributed by atoms with van der Waals surface area (Å²) in [5, 5.41) is 4.31. The van der Waals surface area contributed by atoms with E-state index in [0.717, 1.165) is 35.3 Å². The van der Waals surface area contributed by atoms with Gasteiger partial charge in [0, 0.05) is 23.7 Å². The van der Waals surface area contributed by atoms with Gasteiger partial charge in [0.1, 0.15) is 5.65 Å². The molecule has 0 aliphatic carbocycles. The van der Waals surface area contributed by atoms with E-state index in [2.05, 4.69) is 10.3 Å². The lowest BCUT2D eigenvalue weighted by molar-refractivity contribution is 0.974. The summed E-state index contributed by atoms with van der Waals surface area (Å²) >= 11 is 0. The Morgan fingerprint density at radius 1 is 1.10 bits per heavy atom. The number of anilines is 1. The molecule has 0 unspecified atom stereocenters. The average Bonchev–Trinajstić information content (AvgIpc) is 2.99. The van der Waals surface area contributed by atoms with Gasteiger partial charge in [-0.05, 0) is 30.7 Å². The van der Waals surface area contributed by atoms with E-state index >= 15 is 0 Å². The number of nitrogens with one attached hydrogen (secondary N) is 1. The smallest absolute Gasteiger partial charge is 0.262 e. The largest absolute Gasteiger partial charge is 0.384 e. The van der Waals surface area contributed by atoms with E-state index in [-0.39, 0.29) is 5.56 Å². The molecule has 1 aliphatic heterocycles. The normalized spacial score (nSPS) is 13.2. The van der Waals surface area contributed by atoms with E-state index in [0.29, 0.717) is 5.65 Å². The molecule has 98 valence electrons. The van der Waals surface area contributed by atoms with Crippen LogP contribution in [0.4, 0.5) is 5.69 Å². The lowest BCUT2D eigenvalue weighted by atomic mass is 10.1. The van der Waals surface area contributed by atoms with Crippen LogP contribution in [-0.4, -0.2) is 16.1 Å². The summed E-state index contributed by atoms with van der Waals surface area (Å²) in [6.45, 7) is 0.813. The number of fused-ring (bicyclic) bond motifs is 3. The minimum atomic E-state index is 0.0300. The van der Waals surface area contributed by atoms with Crippen molar-refractivity contribution in [3.05, 3.63) is 64.6 Å². The fourth-order valence-electron chi connectivity index (χ4n) is 2.83. The first-order chi connectivity index (χ1) is 9.86. The van der Waals surface area contributed by atoms with Gasteiger partial charge in [-0.1, -0.05) is 18.2 Å². The molecule has 1 aromatic carbocycles. The molecule has 4 rings (SSSR count). The van der Waals surface area contributed by atoms with Gasteiger partial charge in [0.05, 0.1) is 11.4 Å². The molecule has 4 heteroatoms. The van der Waals surface area contributed by atoms with Gasteiger partial charge in [-0.15, -0.1) is 0 Å². The zero-order chi connectivity index (χ0) is 13.5. The van der Waals surface area contributed by atoms with Crippen LogP contribution in [0.15, 0.2) is 53.5 Å². The van der Waals surface area contributed by atoms with Crippen LogP contribution in [0.25, 0.3) is 16.7 Å². The second-order valence-electron chi connectivity index (χ2n) is 4.88. The SMILES string of the molecule is O=c1c2c(c3cccnc3n1-c1ccccc1)NCC2. The van der Waals surface area contributed by atoms with E-state index in [1.54, 1.807) is 10.8 Å². The molecular weight excluding hydrogens is 250 g/mol. The zero-order valence-electron chi connectivity index (χ0n) is 10.8. The van der Waals surface area contributed by atoms with Crippen LogP contribution in [0, 0.1) is 0 Å². The summed E-state index contributed by atoms with van der Waals surface area (Å²) in [5.41, 5.74) is 3.40. The lowest BCUT2D eigenvalue weighted by Gasteiger charge is -2.12. The summed E-state index contributed by atoms with van der Waals surface area (Å²) in [6, 6.07) is 13.6. The topological polar surface area (TPSA) is 46.9 Å². The number of aromatic nitrogens is 2. The van der Waals surface area contributed by atoms with Crippen LogP contribution < -0.4 is 10.9 Å². The van der Waals surface area contributed by atoms with Crippen molar-refractivity contribution in [3.63, 3.8) is 0 Å². The molecular formula is C16H13N3O. The van der Waals surface area contributed by atoms with Crippen molar-refractivity contribution >= 4 is 16.7 Å². The van der Waals surface area contributed by atoms with Gasteiger partial charge in [0.25, 0.3) is 5.56 Å². The van der Waals surface area contributed by atoms with Gasteiger partial charge >= 0.3 is 0 Å². The van der Waals surface area contributed by atoms with Crippen molar-refractivity contribution in [1.29, 1.82) is 0 Å². The third-order valence-corrected chi connectivity index (χ3v) is 3.72. The summed E-state index contributed by atoms with van der Waals surface area (Å²) in [5.74, 6) is 0. The van der Waals surface area contributed by atoms with E-state index in [9.17, 15) is 4.79 Å². The quantitative estimate of drug-likeness (QED) is 0.733. The first kappa shape index (κ1) is 11.2. The first-order valence-electron chi connectivity index (χ1n) is 6.68. The monoisotopic (exact) mass is 263 g/mol. The van der Waals surface area contributed by atoms with Crippen LogP contribution in [0.1, 0.15) is 5.56 Å². The molecule has 0 atom stereocenters. The molecule has 1 aliphatic rings. The van der Waals surface area contributed by atoms with Crippen LogP contribution in [0.2, 0.25) is 0 Å². The fourth-order valence-corrected chi connectivity index (χ4v) is 2.83. The second kappa shape index (κ2) is 4.20. The van der Waals surface area contributed by atoms with E-state index in [1.807, 2.05) is 42.5 Å². The molecule has 20 heavy (non-hydrogen) atoms. The van der Waals surface area contributed by atoms with Gasteiger partial charge < -0.3 is 5.32 Å². The first-order valence-corrected chi connectivity index (χ1v) is 6.68. The minimum Gasteiger partial charge on any atom is -0.384 e. The highest BCUT2D eigenvalue weighted by atomic mass is 16.1. The predicted octanol–water partition coefficient (Wildman–Crippen LogP) is 2.35. The fraction of sp³-hybridized carbons (Fsp3) is 0.125. The molecule has 0 fully saturated rings. The van der Waals surface area contributed by atoms with Crippen molar-refractivity contribution in [2.75, 3.05) is 11.9 Å². The van der Waals surface area contributed by atoms with Crippen molar-refractivity contribution in [3.8, 4) is 5.69 Å². The Balaban J connectivity index is 2.19. The third-order valence-electron chi connectivity index (χ3n) is 3.72. The number of benzene rings is 1. The highest BCUT2D eigenvalue weighted by molar-refractivity contribution is 5.92. The molecule has 0 amide bonds. The molecule has 0 saturated heterocycles. The van der Waals surface area contributed by atoms with Crippen molar-refractivity contribution in [2.45, 2.75) is 6.42 Å². The van der Waals surface area contributed by atoms with E-state index in [4.69, 9.17) is 0 Å². The average molecular weight is 263 g/mol. The van der Waals surface area contributed by atoms with Crippen molar-refractivity contribution in [2.24, 2.45) is 0 Å². The maximum Gasteiger partial charge on any atom is 0.262 e. The molecule has 0 radical (unpaired) electrons. The Hall–Kier alpha value is -2.62. The predicted molar refractivity (Wildman–Crippen MR) is 79.5 cm³/mol. The summed E-state index contributed by atoms with van der Waals surface area (Å²) in [7, 11) is 0. The number of hydrogen-bond acceptors (Lipinski definition) is 3. The molecule has 4 nitrogen and oxygen atoms in total. The summed E-state index contributed by atoms with van der Waals surface area (Å²) < 4.78 is 1.71. The van der Waals surface area contributed by atoms with Crippen LogP contribution in [-0.2, 0) is 6.42 Å². The van der Waals surface area contributed by atoms with Crippen LogP contribution >= 0.6 is 0 Å². The maximum absolute atomic E-state index is 12.8. The van der Waals surface area contributed by atoms with E-state index < -0.39 is 0 Å². The Morgan fingerprint density at radius 3 is 2.80 bits per heavy atom. The van der Waals surface area contributed by atoms with Gasteiger partial charge in [-0.3, -0.25) is 9.36 Å². The third kappa shape index (κ3) is 1.48. The van der Waals surface area contributed by atoms with Crippen molar-refractivity contribution < 1.29 is 0 Å². The van der Waals surface area contributed by atoms with Crippen LogP contribution in [0.3, 0.4) is 0 Å². The molecule has 0 spiro atoms. The Morgan fingerprint density at radius 2 is 1.95 bits per heavy atom. The number of para-hydroxylation sites is 1. The van der Waals surface area contributed by atoms with Crippen molar-refractivity contribution in [1.82, 2.24) is 9.55 Å². The highest BCUT2D eigenvalue weighted by Gasteiger charge is 2.21. The van der Waals surface area contributed by atoms with Gasteiger partial charge in [-0.2, -0.15) is 0 Å². The van der Waals surface area contributed by atoms with Gasteiger partial charge in [0.2, 0.25) is 0 Å². The number of nitrogens with zero attached hydrogens (tertiary/aromatic N) is 2. The number of hydrogen-bond donors (Lipinski definition) is 1. The summed E-state index contributed by atoms with van der Waals surface area (Å²) in [4.78, 5) is 17.2. The summed E-state index contributed by atoms with van der Waals surface area (Å²) in [6.07, 6.45) is 2.49. The maximum atomic E-state index is 12.8. The molecule has 1 N–H and O–H groups in total. The highest BCUT2D eigenvalue weighted by Crippen LogP contribution is 2.28. The standard InChI is InChI=1S/C16H13N3O/c20-16-13-8-10-17-14(13)12-7-4-9-18-15(12)19(16)11-5-2-1-3-6-11/h1-7,9,17H,8,10H2. The Kier molecular flexibility index (Phi) is 2.36. The lowest BCUT2D eigenvalue weighted by Crippen LogP contribution is -2.22. The Labute approximate surface area is 115 Å². The van der Waals surface area contributed by atoms with Crippen LogP contribution in [0.5, 0.6) is 0 Å². The molecule has 3 heterocycles. The number of pyridine rings is 2. The number of rotatable bonds is 1. The molecule has 3 aromatic rings. The Bertz CT molecular complexity index is 853. The molecule has 0 saturated carbocycles. The molecule has 2 aromatic heterocycles.